The van der Waals surface area contributed by atoms with Crippen molar-refractivity contribution in [1.29, 1.82) is 0 Å². The average Bonchev–Trinajstić information content (AvgIpc) is 1.71. The molecule has 30 heteroatoms. The van der Waals surface area contributed by atoms with E-state index in [0.717, 1.165) is 71.3 Å². The molecule has 3 aromatic heterocycles. The van der Waals surface area contributed by atoms with Gasteiger partial charge in [0, 0.05) is 96.9 Å². The molecule has 0 aliphatic carbocycles. The van der Waals surface area contributed by atoms with Crippen molar-refractivity contribution in [2.45, 2.75) is 93.3 Å². The molecule has 0 aliphatic rings. The molecule has 0 amide bonds. The molecule has 0 unspecified atom stereocenters. The van der Waals surface area contributed by atoms with Crippen LogP contribution in [0.3, 0.4) is 0 Å². The zero-order chi connectivity index (χ0) is 75.7. The zero-order valence-electron chi connectivity index (χ0n) is 62.9. The van der Waals surface area contributed by atoms with Gasteiger partial charge in [-0.25, -0.2) is 13.2 Å². The summed E-state index contributed by atoms with van der Waals surface area (Å²) in [7, 11) is -1.78. The van der Waals surface area contributed by atoms with Crippen LogP contribution in [0.1, 0.15) is 82.6 Å². The minimum atomic E-state index is -1.78. The van der Waals surface area contributed by atoms with Crippen LogP contribution in [0.2, 0.25) is 0 Å². The summed E-state index contributed by atoms with van der Waals surface area (Å²) in [6, 6.07) is 54.0. The zero-order valence-corrected chi connectivity index (χ0v) is 70.6. The number of hydrogen-bond acceptors (Lipinski definition) is 20. The number of fused-ring (bicyclic) bond motifs is 3. The number of esters is 2. The number of carboxylic acids is 1. The number of hydrogen-bond donors (Lipinski definition) is 6. The molecule has 110 heavy (non-hydrogen) atoms. The van der Waals surface area contributed by atoms with E-state index in [2.05, 4.69) is 20.8 Å². The Morgan fingerprint density at radius 2 is 0.827 bits per heavy atom. The van der Waals surface area contributed by atoms with E-state index in [4.69, 9.17) is 79.3 Å². The smallest absolute Gasteiger partial charge is 1.00 e. The van der Waals surface area contributed by atoms with Gasteiger partial charge in [-0.05, 0) is 140 Å². The second-order valence-corrected chi connectivity index (χ2v) is 24.3. The van der Waals surface area contributed by atoms with Crippen LogP contribution in [0.15, 0.2) is 200 Å². The second kappa shape index (κ2) is 48.9. The number of ether oxygens (including phenoxy) is 5. The van der Waals surface area contributed by atoms with Gasteiger partial charge in [0.15, 0.2) is 0 Å². The van der Waals surface area contributed by atoms with Crippen LogP contribution >= 0.6 is 28.3 Å². The van der Waals surface area contributed by atoms with Gasteiger partial charge in [0.25, 0.3) is 6.47 Å². The summed E-state index contributed by atoms with van der Waals surface area (Å²) in [4.78, 5) is 46.0. The van der Waals surface area contributed by atoms with Crippen molar-refractivity contribution in [3.63, 3.8) is 0 Å². The number of aryl methyl sites for hydroxylation is 3. The molecule has 0 saturated heterocycles. The Morgan fingerprint density at radius 3 is 1.18 bits per heavy atom. The van der Waals surface area contributed by atoms with Crippen LogP contribution in [-0.2, 0) is 92.3 Å². The minimum Gasteiger partial charge on any atom is -1.00 e. The molecular weight excluding hydrogens is 1560 g/mol. The molecule has 0 bridgehead atoms. The maximum absolute atomic E-state index is 15.1. The number of furan rings is 3. The molecule has 12 aromatic rings. The first kappa shape index (κ1) is 97.3. The van der Waals surface area contributed by atoms with Crippen LogP contribution in [0, 0.1) is 38.2 Å². The molecule has 0 atom stereocenters. The van der Waals surface area contributed by atoms with E-state index in [0.29, 0.717) is 87.2 Å². The van der Waals surface area contributed by atoms with Gasteiger partial charge in [-0.15, -0.1) is 12.4 Å². The third-order valence-corrected chi connectivity index (χ3v) is 16.5. The third-order valence-electron chi connectivity index (χ3n) is 15.9. The molecule has 9 aromatic carbocycles. The van der Waals surface area contributed by atoms with Crippen LogP contribution in [0.5, 0.6) is 17.2 Å². The van der Waals surface area contributed by atoms with Crippen LogP contribution < -0.4 is 164 Å². The monoisotopic (exact) mass is 1640 g/mol. The predicted octanol–water partition coefficient (Wildman–Crippen LogP) is 4.86. The van der Waals surface area contributed by atoms with Crippen molar-refractivity contribution in [2.75, 3.05) is 13.2 Å². The van der Waals surface area contributed by atoms with E-state index in [-0.39, 0.29) is 234 Å². The van der Waals surface area contributed by atoms with Gasteiger partial charge < -0.3 is 86.3 Å². The van der Waals surface area contributed by atoms with E-state index >= 15 is 8.78 Å². The molecule has 0 aliphatic heterocycles. The molecule has 564 valence electrons. The Kier molecular flexibility index (Phi) is 43.2. The molecule has 0 fully saturated rings. The molecular formula is C80H80BBrClF3K2LiN3O18. The molecule has 3 heterocycles. The summed E-state index contributed by atoms with van der Waals surface area (Å²) in [5.74, 6) is 1.27. The van der Waals surface area contributed by atoms with Crippen molar-refractivity contribution < 1.29 is 223 Å². The van der Waals surface area contributed by atoms with E-state index in [9.17, 15) is 18.8 Å². The maximum atomic E-state index is 15.1. The average molecular weight is 1640 g/mol. The molecule has 0 saturated carbocycles. The third kappa shape index (κ3) is 27.4. The van der Waals surface area contributed by atoms with Gasteiger partial charge in [-0.3, -0.25) is 19.2 Å². The number of carboxylic acid groups (broad SMARTS) is 1. The Hall–Kier alpha value is -6.90. The SMILES string of the molecule is CCOC(=O)Cc1ccccc1OCc1cc(-c2cccc(CN)c2F)c2oc(C)cc2c1.CCOC(=O)Cc1ccccc1OCc1cc(Br)c2oc(C)cc2c1.Cc1cc2cc(COc3ccccc3CC(=O)O)cc(-c3cccc(CN)c3F)c2o1.Cl.NCc1cccc(B(O)O)c1F.O=CO[O-].[H-].[K+].[K+].[Li+].[OH-]. The van der Waals surface area contributed by atoms with E-state index in [1.165, 1.54) is 18.2 Å². The molecule has 0 radical (unpaired) electrons. The van der Waals surface area contributed by atoms with Crippen LogP contribution in [0.4, 0.5) is 13.2 Å². The molecule has 12 rings (SSSR count). The molecule has 21 nitrogen and oxygen atoms in total. The fourth-order valence-electron chi connectivity index (χ4n) is 11.2. The Bertz CT molecular complexity index is 5000. The fourth-order valence-corrected chi connectivity index (χ4v) is 11.8. The van der Waals surface area contributed by atoms with Gasteiger partial charge in [0.1, 0.15) is 88.6 Å². The van der Waals surface area contributed by atoms with Gasteiger partial charge in [0.2, 0.25) is 0 Å². The number of carbonyl (C=O) groups is 4. The molecule has 0 spiro atoms. The topological polar surface area (TPSA) is 355 Å². The quantitative estimate of drug-likeness (QED) is 0.0155. The standard InChI is InChI=1S/C27H26FNO4.C25H22FNO4.C20H19BrO4.C7H9BFNO2.CH2O3.ClH.2K.Li.H2O.H/c1-3-31-25(30)14-19-7-4-5-10-24(19)32-16-18-12-21-11-17(2)33-27(21)23(13-18)22-9-6-8-20(15-29)26(22)28;1-15-9-19-10-16(14-30-22-8-3-2-5-17(22)12-23(28)29)11-21(25(19)31-15)20-7-4-6-18(13-27)24(20)26;1-3-23-19(22)11-15-6-4-5-7-18(15)24-12-14-9-16-8-13(2)25-20(16)17(21)10-14;9-7-5(4-10)2-1-3-6(7)8(11)12;2-1-4-3;;;;;;/h4-13H,3,14-16,29H2,1-2H3;2-11H,12-14,27H2,1H3,(H,28,29);4-10H,3,11-12H2,1-2H3;1-3,11-12H,4,10H2;1,3H;1H;;;;1H2;/q;;;;;;3*+1;;-1/p-2. The number of nitrogens with two attached hydrogens (primary N) is 3. The summed E-state index contributed by atoms with van der Waals surface area (Å²) < 4.78 is 89.6. The Labute approximate surface area is 747 Å². The number of benzene rings is 9. The summed E-state index contributed by atoms with van der Waals surface area (Å²) in [5, 5.41) is 37.7. The maximum Gasteiger partial charge on any atom is 1.00 e. The first-order valence-corrected chi connectivity index (χ1v) is 33.8. The van der Waals surface area contributed by atoms with Gasteiger partial charge in [0.05, 0.1) is 36.9 Å². The largest absolute Gasteiger partial charge is 1.00 e. The van der Waals surface area contributed by atoms with Gasteiger partial charge >= 0.3 is 147 Å². The number of para-hydroxylation sites is 3. The summed E-state index contributed by atoms with van der Waals surface area (Å²) >= 11 is 3.54. The Balaban J connectivity index is 0.000000504. The van der Waals surface area contributed by atoms with Crippen molar-refractivity contribution in [1.82, 2.24) is 0 Å². The number of aliphatic carboxylic acids is 1. The van der Waals surface area contributed by atoms with Crippen molar-refractivity contribution in [3.05, 3.63) is 271 Å². The second-order valence-electron chi connectivity index (χ2n) is 23.5. The minimum absolute atomic E-state index is 0. The summed E-state index contributed by atoms with van der Waals surface area (Å²) in [6.45, 7) is 10.8. The van der Waals surface area contributed by atoms with Gasteiger partial charge in [-0.1, -0.05) is 109 Å². The first-order valence-electron chi connectivity index (χ1n) is 33.0. The van der Waals surface area contributed by atoms with E-state index in [1.54, 1.807) is 74.5 Å². The summed E-state index contributed by atoms with van der Waals surface area (Å²) in [6.07, 6.45) is 0.207. The fraction of sp³-hybridized carbons (Fsp3) is 0.200. The van der Waals surface area contributed by atoms with Gasteiger partial charge in [-0.2, -0.15) is 0 Å². The van der Waals surface area contributed by atoms with Crippen molar-refractivity contribution >= 4 is 98.2 Å². The molecule has 10 N–H and O–H groups in total. The number of halogens is 5. The van der Waals surface area contributed by atoms with E-state index in [1.807, 2.05) is 124 Å². The number of carbonyl (C=O) groups excluding carboxylic acids is 3. The Morgan fingerprint density at radius 1 is 0.500 bits per heavy atom. The predicted molar refractivity (Wildman–Crippen MR) is 403 cm³/mol. The van der Waals surface area contributed by atoms with Crippen LogP contribution in [0.25, 0.3) is 55.2 Å². The summed E-state index contributed by atoms with van der Waals surface area (Å²) in [5.41, 5.74) is 26.6. The normalized spacial score (nSPS) is 10.2. The van der Waals surface area contributed by atoms with Crippen LogP contribution in [-0.4, -0.2) is 65.3 Å². The number of rotatable bonds is 24. The van der Waals surface area contributed by atoms with E-state index < -0.39 is 18.9 Å². The first-order chi connectivity index (χ1) is 50.6. The van der Waals surface area contributed by atoms with Crippen molar-refractivity contribution in [3.8, 4) is 39.5 Å². The van der Waals surface area contributed by atoms with Crippen molar-refractivity contribution in [2.24, 2.45) is 17.2 Å².